The van der Waals surface area contributed by atoms with Gasteiger partial charge >= 0.3 is 0 Å². The number of carbonyl (C=O) groups is 2. The molecule has 2 atom stereocenters. The van der Waals surface area contributed by atoms with Crippen molar-refractivity contribution in [1.29, 1.82) is 0 Å². The summed E-state index contributed by atoms with van der Waals surface area (Å²) in [6.45, 7) is 5.76. The Labute approximate surface area is 187 Å². The SMILES string of the molecule is CC[C@H](C(=O)N[C@@H](C)CC)N(Cc1c(Cl)cccc1Cl)C(=O)Cc1ccccc1F. The first-order valence-corrected chi connectivity index (χ1v) is 10.8. The predicted molar refractivity (Wildman–Crippen MR) is 119 cm³/mol. The Kier molecular flexibility index (Phi) is 9.12. The summed E-state index contributed by atoms with van der Waals surface area (Å²) in [4.78, 5) is 27.6. The van der Waals surface area contributed by atoms with Crippen molar-refractivity contribution < 1.29 is 14.0 Å². The lowest BCUT2D eigenvalue weighted by molar-refractivity contribution is -0.141. The maximum absolute atomic E-state index is 14.1. The van der Waals surface area contributed by atoms with Gasteiger partial charge in [-0.15, -0.1) is 0 Å². The maximum atomic E-state index is 14.1. The number of amides is 2. The van der Waals surface area contributed by atoms with Crippen molar-refractivity contribution in [3.05, 3.63) is 69.5 Å². The quantitative estimate of drug-likeness (QED) is 0.553. The molecule has 1 N–H and O–H groups in total. The van der Waals surface area contributed by atoms with E-state index in [4.69, 9.17) is 23.2 Å². The lowest BCUT2D eigenvalue weighted by atomic mass is 10.1. The molecule has 0 heterocycles. The van der Waals surface area contributed by atoms with Crippen molar-refractivity contribution in [2.75, 3.05) is 0 Å². The van der Waals surface area contributed by atoms with E-state index in [9.17, 15) is 14.0 Å². The van der Waals surface area contributed by atoms with Gasteiger partial charge in [0, 0.05) is 28.2 Å². The molecule has 0 aliphatic heterocycles. The third-order valence-corrected chi connectivity index (χ3v) is 5.78. The molecule has 0 spiro atoms. The van der Waals surface area contributed by atoms with Crippen molar-refractivity contribution in [3.8, 4) is 0 Å². The fourth-order valence-electron chi connectivity index (χ4n) is 3.12. The van der Waals surface area contributed by atoms with Gasteiger partial charge in [0.1, 0.15) is 11.9 Å². The number of benzene rings is 2. The van der Waals surface area contributed by atoms with Gasteiger partial charge in [0.15, 0.2) is 0 Å². The van der Waals surface area contributed by atoms with E-state index in [1.165, 1.54) is 11.0 Å². The van der Waals surface area contributed by atoms with Gasteiger partial charge in [-0.25, -0.2) is 4.39 Å². The van der Waals surface area contributed by atoms with Crippen LogP contribution in [0.4, 0.5) is 4.39 Å². The van der Waals surface area contributed by atoms with Gasteiger partial charge in [-0.1, -0.05) is 61.3 Å². The summed E-state index contributed by atoms with van der Waals surface area (Å²) in [5.74, 6) is -1.09. The Balaban J connectivity index is 2.38. The van der Waals surface area contributed by atoms with E-state index in [-0.39, 0.29) is 36.4 Å². The first kappa shape index (κ1) is 24.2. The van der Waals surface area contributed by atoms with E-state index < -0.39 is 11.9 Å². The number of hydrogen-bond acceptors (Lipinski definition) is 2. The molecular weight excluding hydrogens is 426 g/mol. The first-order valence-electron chi connectivity index (χ1n) is 10.0. The number of halogens is 3. The van der Waals surface area contributed by atoms with E-state index in [1.807, 2.05) is 20.8 Å². The Morgan fingerprint density at radius 1 is 1.03 bits per heavy atom. The highest BCUT2D eigenvalue weighted by molar-refractivity contribution is 6.36. The maximum Gasteiger partial charge on any atom is 0.243 e. The summed E-state index contributed by atoms with van der Waals surface area (Å²) in [7, 11) is 0. The minimum atomic E-state index is -0.731. The lowest BCUT2D eigenvalue weighted by Gasteiger charge is -2.32. The van der Waals surface area contributed by atoms with Gasteiger partial charge in [-0.05, 0) is 43.5 Å². The van der Waals surface area contributed by atoms with Crippen molar-refractivity contribution >= 4 is 35.0 Å². The molecule has 2 amide bonds. The van der Waals surface area contributed by atoms with Gasteiger partial charge in [0.05, 0.1) is 6.42 Å². The fourth-order valence-corrected chi connectivity index (χ4v) is 3.64. The molecule has 4 nitrogen and oxygen atoms in total. The molecule has 0 aliphatic rings. The van der Waals surface area contributed by atoms with Crippen LogP contribution in [0.15, 0.2) is 42.5 Å². The molecule has 30 heavy (non-hydrogen) atoms. The molecule has 0 bridgehead atoms. The topological polar surface area (TPSA) is 49.4 Å². The van der Waals surface area contributed by atoms with Crippen molar-refractivity contribution in [2.45, 2.75) is 58.7 Å². The second kappa shape index (κ2) is 11.3. The molecule has 7 heteroatoms. The van der Waals surface area contributed by atoms with Gasteiger partial charge in [-0.3, -0.25) is 9.59 Å². The third-order valence-electron chi connectivity index (χ3n) is 5.08. The standard InChI is InChI=1S/C23H27Cl2FN2O2/c1-4-15(3)27-23(30)21(5-2)28(14-17-18(24)10-8-11-19(17)25)22(29)13-16-9-6-7-12-20(16)26/h6-12,15,21H,4-5,13-14H2,1-3H3,(H,27,30)/t15-,21+/m0/s1. The molecule has 0 saturated carbocycles. The van der Waals surface area contributed by atoms with E-state index in [0.29, 0.717) is 22.0 Å². The summed E-state index contributed by atoms with van der Waals surface area (Å²) in [5, 5.41) is 3.75. The van der Waals surface area contributed by atoms with Gasteiger partial charge in [0.2, 0.25) is 11.8 Å². The zero-order valence-corrected chi connectivity index (χ0v) is 18.9. The number of rotatable bonds is 9. The Morgan fingerprint density at radius 3 is 2.23 bits per heavy atom. The van der Waals surface area contributed by atoms with Crippen LogP contribution in [0, 0.1) is 5.82 Å². The van der Waals surface area contributed by atoms with Gasteiger partial charge in [0.25, 0.3) is 0 Å². The Morgan fingerprint density at radius 2 is 1.67 bits per heavy atom. The third kappa shape index (κ3) is 6.19. The molecule has 162 valence electrons. The van der Waals surface area contributed by atoms with Crippen molar-refractivity contribution in [2.24, 2.45) is 0 Å². The molecule has 0 aromatic heterocycles. The minimum Gasteiger partial charge on any atom is -0.352 e. The van der Waals surface area contributed by atoms with E-state index in [2.05, 4.69) is 5.32 Å². The molecule has 2 rings (SSSR count). The summed E-state index contributed by atoms with van der Waals surface area (Å²) in [5.41, 5.74) is 0.826. The van der Waals surface area contributed by atoms with E-state index in [1.54, 1.807) is 36.4 Å². The molecule has 0 aliphatic carbocycles. The zero-order valence-electron chi connectivity index (χ0n) is 17.4. The zero-order chi connectivity index (χ0) is 22.3. The van der Waals surface area contributed by atoms with Gasteiger partial charge in [-0.2, -0.15) is 0 Å². The molecule has 2 aromatic carbocycles. The molecule has 0 saturated heterocycles. The average Bonchev–Trinajstić information content (AvgIpc) is 2.71. The number of nitrogens with one attached hydrogen (secondary N) is 1. The van der Waals surface area contributed by atoms with Crippen LogP contribution < -0.4 is 5.32 Å². The second-order valence-electron chi connectivity index (χ2n) is 7.23. The van der Waals surface area contributed by atoms with Crippen molar-refractivity contribution in [1.82, 2.24) is 10.2 Å². The molecular formula is C23H27Cl2FN2O2. The smallest absolute Gasteiger partial charge is 0.243 e. The van der Waals surface area contributed by atoms with E-state index >= 15 is 0 Å². The molecule has 0 unspecified atom stereocenters. The highest BCUT2D eigenvalue weighted by atomic mass is 35.5. The van der Waals surface area contributed by atoms with Crippen LogP contribution in [0.25, 0.3) is 0 Å². The Hall–Kier alpha value is -2.11. The minimum absolute atomic E-state index is 0.0287. The molecule has 0 radical (unpaired) electrons. The highest BCUT2D eigenvalue weighted by Gasteiger charge is 2.30. The van der Waals surface area contributed by atoms with Gasteiger partial charge < -0.3 is 10.2 Å². The number of carbonyl (C=O) groups excluding carboxylic acids is 2. The highest BCUT2D eigenvalue weighted by Crippen LogP contribution is 2.27. The monoisotopic (exact) mass is 452 g/mol. The number of nitrogens with zero attached hydrogens (tertiary/aromatic N) is 1. The van der Waals surface area contributed by atoms with Crippen LogP contribution >= 0.6 is 23.2 Å². The molecule has 2 aromatic rings. The van der Waals surface area contributed by atoms with Crippen LogP contribution in [0.3, 0.4) is 0 Å². The van der Waals surface area contributed by atoms with E-state index in [0.717, 1.165) is 6.42 Å². The summed E-state index contributed by atoms with van der Waals surface area (Å²) in [6, 6.07) is 10.4. The second-order valence-corrected chi connectivity index (χ2v) is 8.05. The van der Waals surface area contributed by atoms with Crippen LogP contribution in [0.2, 0.25) is 10.0 Å². The largest absolute Gasteiger partial charge is 0.352 e. The van der Waals surface area contributed by atoms with Crippen molar-refractivity contribution in [3.63, 3.8) is 0 Å². The lowest BCUT2D eigenvalue weighted by Crippen LogP contribution is -2.51. The fraction of sp³-hybridized carbons (Fsp3) is 0.391. The first-order chi connectivity index (χ1) is 14.3. The number of hydrogen-bond donors (Lipinski definition) is 1. The summed E-state index contributed by atoms with van der Waals surface area (Å²) >= 11 is 12.6. The van der Waals surface area contributed by atoms with Crippen LogP contribution in [-0.4, -0.2) is 28.8 Å². The van der Waals surface area contributed by atoms with Crippen LogP contribution in [-0.2, 0) is 22.6 Å². The normalized spacial score (nSPS) is 12.9. The summed E-state index contributed by atoms with van der Waals surface area (Å²) in [6.07, 6.45) is 0.997. The predicted octanol–water partition coefficient (Wildman–Crippen LogP) is 5.40. The van der Waals surface area contributed by atoms with Crippen LogP contribution in [0.5, 0.6) is 0 Å². The average molecular weight is 453 g/mol. The molecule has 0 fully saturated rings. The Bertz CT molecular complexity index is 871. The summed E-state index contributed by atoms with van der Waals surface area (Å²) < 4.78 is 14.1. The van der Waals surface area contributed by atoms with Crippen LogP contribution in [0.1, 0.15) is 44.7 Å².